The van der Waals surface area contributed by atoms with Crippen molar-refractivity contribution in [3.05, 3.63) is 41.7 Å². The zero-order valence-electron chi connectivity index (χ0n) is 18.2. The molecule has 9 nitrogen and oxygen atoms in total. The van der Waals surface area contributed by atoms with Gasteiger partial charge in [-0.3, -0.25) is 9.48 Å². The summed E-state index contributed by atoms with van der Waals surface area (Å²) in [5, 5.41) is 7.30. The number of rotatable bonds is 5. The molecule has 1 aliphatic heterocycles. The fourth-order valence-electron chi connectivity index (χ4n) is 3.95. The largest absolute Gasteiger partial charge is 0.389 e. The van der Waals surface area contributed by atoms with Crippen LogP contribution in [0.1, 0.15) is 23.3 Å². The van der Waals surface area contributed by atoms with Gasteiger partial charge in [0.2, 0.25) is 0 Å². The van der Waals surface area contributed by atoms with Crippen molar-refractivity contribution in [3.63, 3.8) is 0 Å². The van der Waals surface area contributed by atoms with Gasteiger partial charge in [-0.25, -0.2) is 13.8 Å². The number of anilines is 3. The van der Waals surface area contributed by atoms with Crippen molar-refractivity contribution < 1.29 is 18.3 Å². The topological polar surface area (TPSA) is 124 Å². The number of benzene rings is 1. The molecule has 2 aromatic heterocycles. The van der Waals surface area contributed by atoms with Gasteiger partial charge in [0.1, 0.15) is 27.3 Å². The van der Waals surface area contributed by atoms with Crippen molar-refractivity contribution in [3.8, 4) is 10.6 Å². The number of thiazole rings is 1. The van der Waals surface area contributed by atoms with E-state index in [-0.39, 0.29) is 33.4 Å². The van der Waals surface area contributed by atoms with Crippen molar-refractivity contribution >= 4 is 33.8 Å². The van der Waals surface area contributed by atoms with Crippen LogP contribution in [0.3, 0.4) is 0 Å². The Bertz CT molecular complexity index is 1170. The van der Waals surface area contributed by atoms with Crippen LogP contribution in [-0.4, -0.2) is 53.0 Å². The SMILES string of the molecule is COC1CCN(c2c(NC(=O)c3nc(-c4cc(F)ccc4F)sc3N)cnn2C)CCC1N. The van der Waals surface area contributed by atoms with Gasteiger partial charge in [-0.05, 0) is 31.0 Å². The van der Waals surface area contributed by atoms with Crippen LogP contribution < -0.4 is 21.7 Å². The summed E-state index contributed by atoms with van der Waals surface area (Å²) in [5.41, 5.74) is 12.6. The Labute approximate surface area is 193 Å². The molecule has 0 aliphatic carbocycles. The highest BCUT2D eigenvalue weighted by atomic mass is 32.1. The smallest absolute Gasteiger partial charge is 0.277 e. The number of ether oxygens (including phenoxy) is 1. The number of methoxy groups -OCH3 is 1. The van der Waals surface area contributed by atoms with E-state index in [1.807, 2.05) is 0 Å². The number of amides is 1. The van der Waals surface area contributed by atoms with Crippen molar-refractivity contribution in [1.82, 2.24) is 14.8 Å². The minimum atomic E-state index is -0.652. The standard InChI is InChI=1S/C21H25F2N7O2S/c1-29-21(30-7-5-14(24)16(32-2)6-8-30)15(10-26-29)27-19(31)17-18(25)33-20(28-17)12-9-11(22)3-4-13(12)23/h3-4,9-10,14,16H,5-8,24-25H2,1-2H3,(H,27,31). The lowest BCUT2D eigenvalue weighted by molar-refractivity contribution is 0.0781. The quantitative estimate of drug-likeness (QED) is 0.516. The molecule has 3 heterocycles. The maximum Gasteiger partial charge on any atom is 0.277 e. The molecule has 2 unspecified atom stereocenters. The molecule has 5 N–H and O–H groups in total. The molecule has 4 rings (SSSR count). The van der Waals surface area contributed by atoms with Crippen LogP contribution in [0, 0.1) is 11.6 Å². The van der Waals surface area contributed by atoms with Gasteiger partial charge in [0.25, 0.3) is 5.91 Å². The van der Waals surface area contributed by atoms with Crippen LogP contribution in [0.25, 0.3) is 10.6 Å². The Hall–Kier alpha value is -3.09. The van der Waals surface area contributed by atoms with Crippen molar-refractivity contribution in [2.24, 2.45) is 12.8 Å². The second-order valence-electron chi connectivity index (χ2n) is 7.82. The monoisotopic (exact) mass is 477 g/mol. The molecule has 0 bridgehead atoms. The molecule has 3 aromatic rings. The van der Waals surface area contributed by atoms with Crippen LogP contribution in [-0.2, 0) is 11.8 Å². The van der Waals surface area contributed by atoms with Crippen LogP contribution in [0.15, 0.2) is 24.4 Å². The Morgan fingerprint density at radius 2 is 2.06 bits per heavy atom. The van der Waals surface area contributed by atoms with E-state index < -0.39 is 17.5 Å². The number of nitrogens with two attached hydrogens (primary N) is 2. The number of hydrogen-bond donors (Lipinski definition) is 3. The van der Waals surface area contributed by atoms with Crippen molar-refractivity contribution in [2.45, 2.75) is 25.0 Å². The number of aryl methyl sites for hydroxylation is 1. The Morgan fingerprint density at radius 3 is 2.82 bits per heavy atom. The molecule has 1 aromatic carbocycles. The first kappa shape index (κ1) is 23.1. The zero-order chi connectivity index (χ0) is 23.7. The molecular weight excluding hydrogens is 452 g/mol. The number of carbonyl (C=O) groups excluding carboxylic acids is 1. The number of carbonyl (C=O) groups is 1. The minimum Gasteiger partial charge on any atom is -0.389 e. The van der Waals surface area contributed by atoms with E-state index in [2.05, 4.69) is 20.3 Å². The van der Waals surface area contributed by atoms with Gasteiger partial charge in [0.05, 0.1) is 12.3 Å². The van der Waals surface area contributed by atoms with Gasteiger partial charge in [-0.1, -0.05) is 11.3 Å². The highest BCUT2D eigenvalue weighted by molar-refractivity contribution is 7.19. The number of hydrogen-bond acceptors (Lipinski definition) is 8. The first-order valence-corrected chi connectivity index (χ1v) is 11.2. The van der Waals surface area contributed by atoms with Gasteiger partial charge in [-0.2, -0.15) is 5.10 Å². The molecule has 1 fully saturated rings. The molecule has 12 heteroatoms. The zero-order valence-corrected chi connectivity index (χ0v) is 19.0. The molecule has 1 amide bonds. The Kier molecular flexibility index (Phi) is 6.58. The maximum atomic E-state index is 14.1. The van der Waals surface area contributed by atoms with E-state index in [0.29, 0.717) is 18.8 Å². The molecule has 0 radical (unpaired) electrons. The van der Waals surface area contributed by atoms with Gasteiger partial charge < -0.3 is 26.4 Å². The molecule has 1 saturated heterocycles. The van der Waals surface area contributed by atoms with E-state index >= 15 is 0 Å². The Morgan fingerprint density at radius 1 is 1.30 bits per heavy atom. The summed E-state index contributed by atoms with van der Waals surface area (Å²) in [4.78, 5) is 19.3. The van der Waals surface area contributed by atoms with Crippen LogP contribution in [0.2, 0.25) is 0 Å². The van der Waals surface area contributed by atoms with E-state index in [1.54, 1.807) is 25.0 Å². The number of nitrogens with one attached hydrogen (secondary N) is 1. The van der Waals surface area contributed by atoms with Gasteiger partial charge in [0.15, 0.2) is 11.5 Å². The maximum absolute atomic E-state index is 14.1. The molecule has 1 aliphatic rings. The predicted molar refractivity (Wildman–Crippen MR) is 123 cm³/mol. The van der Waals surface area contributed by atoms with E-state index in [1.165, 1.54) is 0 Å². The van der Waals surface area contributed by atoms with E-state index in [4.69, 9.17) is 16.2 Å². The molecular formula is C21H25F2N7O2S. The molecule has 2 atom stereocenters. The summed E-state index contributed by atoms with van der Waals surface area (Å²) in [6.45, 7) is 1.35. The summed E-state index contributed by atoms with van der Waals surface area (Å²) < 4.78 is 34.9. The second-order valence-corrected chi connectivity index (χ2v) is 8.85. The fourth-order valence-corrected chi connectivity index (χ4v) is 4.80. The van der Waals surface area contributed by atoms with Gasteiger partial charge in [-0.15, -0.1) is 0 Å². The summed E-state index contributed by atoms with van der Waals surface area (Å²) in [7, 11) is 3.43. The Balaban J connectivity index is 1.57. The number of halogens is 2. The molecule has 33 heavy (non-hydrogen) atoms. The first-order valence-electron chi connectivity index (χ1n) is 10.4. The number of nitrogen functional groups attached to an aromatic ring is 1. The lowest BCUT2D eigenvalue weighted by atomic mass is 10.1. The van der Waals surface area contributed by atoms with Gasteiger partial charge >= 0.3 is 0 Å². The minimum absolute atomic E-state index is 0.0438. The third kappa shape index (κ3) is 4.68. The van der Waals surface area contributed by atoms with Crippen LogP contribution >= 0.6 is 11.3 Å². The van der Waals surface area contributed by atoms with Crippen molar-refractivity contribution in [2.75, 3.05) is 36.1 Å². The lowest BCUT2D eigenvalue weighted by Gasteiger charge is -2.24. The highest BCUT2D eigenvalue weighted by Gasteiger charge is 2.27. The van der Waals surface area contributed by atoms with Crippen LogP contribution in [0.5, 0.6) is 0 Å². The second kappa shape index (κ2) is 9.41. The normalized spacial score (nSPS) is 18.9. The van der Waals surface area contributed by atoms with E-state index in [0.717, 1.165) is 48.2 Å². The molecule has 176 valence electrons. The summed E-state index contributed by atoms with van der Waals surface area (Å²) in [6.07, 6.45) is 2.95. The first-order chi connectivity index (χ1) is 15.8. The average molecular weight is 478 g/mol. The third-order valence-electron chi connectivity index (χ3n) is 5.68. The van der Waals surface area contributed by atoms with Crippen LogP contribution in [0.4, 0.5) is 25.3 Å². The summed E-state index contributed by atoms with van der Waals surface area (Å²) in [5.74, 6) is -1.11. The third-order valence-corrected chi connectivity index (χ3v) is 6.60. The summed E-state index contributed by atoms with van der Waals surface area (Å²) >= 11 is 0.913. The predicted octanol–water partition coefficient (Wildman–Crippen LogP) is 2.60. The lowest BCUT2D eigenvalue weighted by Crippen LogP contribution is -2.35. The number of aromatic nitrogens is 3. The van der Waals surface area contributed by atoms with E-state index in [9.17, 15) is 13.6 Å². The molecule has 0 spiro atoms. The highest BCUT2D eigenvalue weighted by Crippen LogP contribution is 2.33. The van der Waals surface area contributed by atoms with Gasteiger partial charge in [0, 0.05) is 38.9 Å². The van der Waals surface area contributed by atoms with Crippen molar-refractivity contribution in [1.29, 1.82) is 0 Å². The summed E-state index contributed by atoms with van der Waals surface area (Å²) in [6, 6.07) is 2.96. The average Bonchev–Trinajstić information content (AvgIpc) is 3.28. The fraction of sp³-hybridized carbons (Fsp3) is 0.381. The number of nitrogens with zero attached hydrogens (tertiary/aromatic N) is 4. The molecule has 0 saturated carbocycles.